The lowest BCUT2D eigenvalue weighted by molar-refractivity contribution is 0.311. The Kier molecular flexibility index (Phi) is 3.69. The molecular weight excluding hydrogens is 226 g/mol. The normalized spacial score (nSPS) is 10.3. The SMILES string of the molecule is Nc1ccccc1-c1cc(NCCO)ccc1N. The predicted octanol–water partition coefficient (Wildman–Crippen LogP) is 1.92. The minimum absolute atomic E-state index is 0.0905. The van der Waals surface area contributed by atoms with Gasteiger partial charge in [0.15, 0.2) is 0 Å². The second-order valence-electron chi connectivity index (χ2n) is 4.04. The summed E-state index contributed by atoms with van der Waals surface area (Å²) in [5.74, 6) is 0. The first kappa shape index (κ1) is 12.3. The van der Waals surface area contributed by atoms with Crippen LogP contribution in [0.2, 0.25) is 0 Å². The number of hydrogen-bond donors (Lipinski definition) is 4. The number of hydrogen-bond acceptors (Lipinski definition) is 4. The van der Waals surface area contributed by atoms with Crippen molar-refractivity contribution >= 4 is 17.1 Å². The maximum Gasteiger partial charge on any atom is 0.0604 e. The van der Waals surface area contributed by atoms with Crippen LogP contribution in [0, 0.1) is 0 Å². The molecule has 0 aliphatic carbocycles. The molecule has 0 aliphatic heterocycles. The second-order valence-corrected chi connectivity index (χ2v) is 4.04. The molecule has 0 saturated carbocycles. The van der Waals surface area contributed by atoms with E-state index in [1.54, 1.807) is 0 Å². The minimum Gasteiger partial charge on any atom is -0.398 e. The van der Waals surface area contributed by atoms with Gasteiger partial charge in [-0.2, -0.15) is 0 Å². The lowest BCUT2D eigenvalue weighted by Crippen LogP contribution is -2.05. The van der Waals surface area contributed by atoms with Crippen molar-refractivity contribution in [3.63, 3.8) is 0 Å². The first-order chi connectivity index (χ1) is 8.72. The number of benzene rings is 2. The quantitative estimate of drug-likeness (QED) is 0.618. The Hall–Kier alpha value is -2.20. The maximum atomic E-state index is 8.81. The first-order valence-corrected chi connectivity index (χ1v) is 5.81. The van der Waals surface area contributed by atoms with Crippen LogP contribution in [0.4, 0.5) is 17.1 Å². The highest BCUT2D eigenvalue weighted by atomic mass is 16.3. The second kappa shape index (κ2) is 5.42. The van der Waals surface area contributed by atoms with Crippen LogP contribution < -0.4 is 16.8 Å². The Labute approximate surface area is 106 Å². The zero-order chi connectivity index (χ0) is 13.0. The topological polar surface area (TPSA) is 84.3 Å². The van der Waals surface area contributed by atoms with Crippen LogP contribution in [0.5, 0.6) is 0 Å². The van der Waals surface area contributed by atoms with E-state index in [1.807, 2.05) is 42.5 Å². The number of nitrogens with one attached hydrogen (secondary N) is 1. The van der Waals surface area contributed by atoms with Gasteiger partial charge >= 0.3 is 0 Å². The van der Waals surface area contributed by atoms with Crippen molar-refractivity contribution in [1.29, 1.82) is 0 Å². The van der Waals surface area contributed by atoms with E-state index in [9.17, 15) is 0 Å². The number of aliphatic hydroxyl groups is 1. The van der Waals surface area contributed by atoms with Gasteiger partial charge in [-0.15, -0.1) is 0 Å². The van der Waals surface area contributed by atoms with E-state index >= 15 is 0 Å². The van der Waals surface area contributed by atoms with Crippen LogP contribution in [0.1, 0.15) is 0 Å². The molecule has 0 aliphatic rings. The summed E-state index contributed by atoms with van der Waals surface area (Å²) in [6.07, 6.45) is 0. The van der Waals surface area contributed by atoms with Crippen LogP contribution in [0.15, 0.2) is 42.5 Å². The summed E-state index contributed by atoms with van der Waals surface area (Å²) in [5.41, 5.74) is 16.1. The molecule has 0 saturated heterocycles. The molecular formula is C14H17N3O. The summed E-state index contributed by atoms with van der Waals surface area (Å²) in [6, 6.07) is 13.3. The Balaban J connectivity index is 2.40. The standard InChI is InChI=1S/C14H17N3O/c15-13-4-2-1-3-11(13)12-9-10(17-7-8-18)5-6-14(12)16/h1-6,9,17-18H,7-8,15-16H2. The summed E-state index contributed by atoms with van der Waals surface area (Å²) < 4.78 is 0. The molecule has 0 spiro atoms. The lowest BCUT2D eigenvalue weighted by atomic mass is 10.0. The van der Waals surface area contributed by atoms with Crippen molar-refractivity contribution in [2.24, 2.45) is 0 Å². The highest BCUT2D eigenvalue weighted by Gasteiger charge is 2.06. The lowest BCUT2D eigenvalue weighted by Gasteiger charge is -2.12. The van der Waals surface area contributed by atoms with Gasteiger partial charge in [0.25, 0.3) is 0 Å². The van der Waals surface area contributed by atoms with E-state index in [0.29, 0.717) is 17.9 Å². The van der Waals surface area contributed by atoms with Crippen molar-refractivity contribution in [2.45, 2.75) is 0 Å². The van der Waals surface area contributed by atoms with Gasteiger partial charge in [0, 0.05) is 34.7 Å². The summed E-state index contributed by atoms with van der Waals surface area (Å²) in [6.45, 7) is 0.598. The van der Waals surface area contributed by atoms with Gasteiger partial charge in [0.1, 0.15) is 0 Å². The summed E-state index contributed by atoms with van der Waals surface area (Å²) in [4.78, 5) is 0. The third-order valence-electron chi connectivity index (χ3n) is 2.75. The molecule has 6 N–H and O–H groups in total. The summed E-state index contributed by atoms with van der Waals surface area (Å²) in [5, 5.41) is 11.9. The molecule has 0 bridgehead atoms. The van der Waals surface area contributed by atoms with E-state index in [1.165, 1.54) is 0 Å². The molecule has 0 atom stereocenters. The third kappa shape index (κ3) is 2.55. The third-order valence-corrected chi connectivity index (χ3v) is 2.75. The molecule has 4 nitrogen and oxygen atoms in total. The first-order valence-electron chi connectivity index (χ1n) is 5.81. The van der Waals surface area contributed by atoms with Crippen LogP contribution in [-0.2, 0) is 0 Å². The van der Waals surface area contributed by atoms with E-state index in [0.717, 1.165) is 16.8 Å². The number of aliphatic hydroxyl groups excluding tert-OH is 1. The van der Waals surface area contributed by atoms with Gasteiger partial charge in [-0.25, -0.2) is 0 Å². The molecule has 0 heterocycles. The molecule has 2 aromatic rings. The monoisotopic (exact) mass is 243 g/mol. The smallest absolute Gasteiger partial charge is 0.0604 e. The largest absolute Gasteiger partial charge is 0.398 e. The summed E-state index contributed by atoms with van der Waals surface area (Å²) >= 11 is 0. The molecule has 0 fully saturated rings. The fraction of sp³-hybridized carbons (Fsp3) is 0.143. The fourth-order valence-corrected chi connectivity index (χ4v) is 1.84. The molecule has 0 aromatic heterocycles. The molecule has 0 amide bonds. The van der Waals surface area contributed by atoms with Crippen LogP contribution in [0.25, 0.3) is 11.1 Å². The fourth-order valence-electron chi connectivity index (χ4n) is 1.84. The molecule has 94 valence electrons. The predicted molar refractivity (Wildman–Crippen MR) is 76.3 cm³/mol. The van der Waals surface area contributed by atoms with E-state index < -0.39 is 0 Å². The number of nitrogens with two attached hydrogens (primary N) is 2. The van der Waals surface area contributed by atoms with Crippen molar-refractivity contribution in [1.82, 2.24) is 0 Å². The zero-order valence-electron chi connectivity index (χ0n) is 10.1. The molecule has 18 heavy (non-hydrogen) atoms. The van der Waals surface area contributed by atoms with Gasteiger partial charge < -0.3 is 21.9 Å². The van der Waals surface area contributed by atoms with Crippen LogP contribution >= 0.6 is 0 Å². The van der Waals surface area contributed by atoms with Gasteiger partial charge in [0.05, 0.1) is 6.61 Å². The highest BCUT2D eigenvalue weighted by molar-refractivity contribution is 5.86. The van der Waals surface area contributed by atoms with Gasteiger partial charge in [-0.05, 0) is 24.3 Å². The molecule has 0 unspecified atom stereocenters. The van der Waals surface area contributed by atoms with Crippen LogP contribution in [-0.4, -0.2) is 18.3 Å². The highest BCUT2D eigenvalue weighted by Crippen LogP contribution is 2.32. The molecule has 0 radical (unpaired) electrons. The average molecular weight is 243 g/mol. The van der Waals surface area contributed by atoms with Crippen molar-refractivity contribution in [3.8, 4) is 11.1 Å². The van der Waals surface area contributed by atoms with E-state index in [2.05, 4.69) is 5.32 Å². The number of rotatable bonds is 4. The van der Waals surface area contributed by atoms with Gasteiger partial charge in [-0.3, -0.25) is 0 Å². The maximum absolute atomic E-state index is 8.81. The molecule has 2 rings (SSSR count). The Morgan fingerprint density at radius 3 is 2.39 bits per heavy atom. The van der Waals surface area contributed by atoms with Crippen molar-refractivity contribution < 1.29 is 5.11 Å². The Morgan fingerprint density at radius 1 is 0.944 bits per heavy atom. The van der Waals surface area contributed by atoms with E-state index in [4.69, 9.17) is 16.6 Å². The number of nitrogen functional groups attached to an aromatic ring is 2. The van der Waals surface area contributed by atoms with E-state index in [-0.39, 0.29) is 6.61 Å². The van der Waals surface area contributed by atoms with Crippen molar-refractivity contribution in [3.05, 3.63) is 42.5 Å². The minimum atomic E-state index is 0.0905. The van der Waals surface area contributed by atoms with Gasteiger partial charge in [-0.1, -0.05) is 18.2 Å². The number of anilines is 3. The molecule has 4 heteroatoms. The Bertz CT molecular complexity index is 540. The van der Waals surface area contributed by atoms with Gasteiger partial charge in [0.2, 0.25) is 0 Å². The summed E-state index contributed by atoms with van der Waals surface area (Å²) in [7, 11) is 0. The van der Waals surface area contributed by atoms with Crippen LogP contribution in [0.3, 0.4) is 0 Å². The average Bonchev–Trinajstić information content (AvgIpc) is 2.39. The zero-order valence-corrected chi connectivity index (χ0v) is 10.1. The number of para-hydroxylation sites is 1. The van der Waals surface area contributed by atoms with Crippen molar-refractivity contribution in [2.75, 3.05) is 29.9 Å². The Morgan fingerprint density at radius 2 is 1.67 bits per heavy atom. The molecule has 2 aromatic carbocycles.